The summed E-state index contributed by atoms with van der Waals surface area (Å²) in [6.45, 7) is 3.97. The van der Waals surface area contributed by atoms with Gasteiger partial charge in [-0.05, 0) is 37.2 Å². The van der Waals surface area contributed by atoms with Gasteiger partial charge >= 0.3 is 0 Å². The maximum Gasteiger partial charge on any atom is 0.0426 e. The topological polar surface area (TPSA) is 15.3 Å². The number of rotatable bonds is 5. The van der Waals surface area contributed by atoms with Crippen LogP contribution in [0.1, 0.15) is 16.7 Å². The van der Waals surface area contributed by atoms with E-state index in [1.165, 1.54) is 22.4 Å². The Kier molecular flexibility index (Phi) is 4.58. The van der Waals surface area contributed by atoms with Crippen molar-refractivity contribution in [3.63, 3.8) is 0 Å². The van der Waals surface area contributed by atoms with E-state index in [-0.39, 0.29) is 0 Å². The van der Waals surface area contributed by atoms with Crippen LogP contribution in [0.15, 0.2) is 48.5 Å². The molecule has 0 aromatic heterocycles. The number of hydrogen-bond acceptors (Lipinski definition) is 2. The van der Waals surface area contributed by atoms with Crippen molar-refractivity contribution in [3.8, 4) is 0 Å². The first-order valence-electron chi connectivity index (χ1n) is 6.69. The zero-order chi connectivity index (χ0) is 13.7. The van der Waals surface area contributed by atoms with Crippen LogP contribution in [-0.2, 0) is 13.1 Å². The Hall–Kier alpha value is -1.80. The highest BCUT2D eigenvalue weighted by Crippen LogP contribution is 2.16. The zero-order valence-corrected chi connectivity index (χ0v) is 12.0. The molecule has 0 saturated heterocycles. The summed E-state index contributed by atoms with van der Waals surface area (Å²) in [5.74, 6) is 0. The smallest absolute Gasteiger partial charge is 0.0426 e. The fraction of sp³-hybridized carbons (Fsp3) is 0.294. The first kappa shape index (κ1) is 13.6. The van der Waals surface area contributed by atoms with Gasteiger partial charge in [-0.2, -0.15) is 0 Å². The molecule has 0 aliphatic carbocycles. The van der Waals surface area contributed by atoms with Gasteiger partial charge in [-0.3, -0.25) is 0 Å². The number of hydrogen-bond donors (Lipinski definition) is 1. The molecule has 2 heteroatoms. The molecule has 0 saturated carbocycles. The highest BCUT2D eigenvalue weighted by molar-refractivity contribution is 5.47. The third-order valence-corrected chi connectivity index (χ3v) is 3.30. The maximum atomic E-state index is 3.16. The van der Waals surface area contributed by atoms with Gasteiger partial charge in [0, 0.05) is 25.8 Å². The van der Waals surface area contributed by atoms with Crippen LogP contribution in [0.4, 0.5) is 5.69 Å². The van der Waals surface area contributed by atoms with Gasteiger partial charge in [0.05, 0.1) is 0 Å². The Labute approximate surface area is 116 Å². The summed E-state index contributed by atoms with van der Waals surface area (Å²) >= 11 is 0. The first-order valence-corrected chi connectivity index (χ1v) is 6.69. The van der Waals surface area contributed by atoms with E-state index in [1.54, 1.807) is 0 Å². The summed E-state index contributed by atoms with van der Waals surface area (Å²) < 4.78 is 0. The van der Waals surface area contributed by atoms with Gasteiger partial charge in [0.2, 0.25) is 0 Å². The van der Waals surface area contributed by atoms with Gasteiger partial charge in [-0.15, -0.1) is 0 Å². The van der Waals surface area contributed by atoms with E-state index in [0.29, 0.717) is 0 Å². The molecule has 0 bridgehead atoms. The monoisotopic (exact) mass is 254 g/mol. The molecule has 2 rings (SSSR count). The standard InChI is InChI=1S/C17H22N2/c1-14-4-10-17(11-5-14)19(3)13-16-8-6-15(7-9-16)12-18-2/h4-11,18H,12-13H2,1-3H3. The number of benzene rings is 2. The Balaban J connectivity index is 2.01. The molecule has 100 valence electrons. The van der Waals surface area contributed by atoms with Crippen LogP contribution >= 0.6 is 0 Å². The van der Waals surface area contributed by atoms with E-state index in [0.717, 1.165) is 13.1 Å². The van der Waals surface area contributed by atoms with Crippen LogP contribution < -0.4 is 10.2 Å². The minimum absolute atomic E-state index is 0.925. The van der Waals surface area contributed by atoms with Crippen molar-refractivity contribution in [2.24, 2.45) is 0 Å². The molecule has 0 unspecified atom stereocenters. The third-order valence-electron chi connectivity index (χ3n) is 3.30. The van der Waals surface area contributed by atoms with Crippen molar-refractivity contribution in [2.45, 2.75) is 20.0 Å². The van der Waals surface area contributed by atoms with Crippen LogP contribution in [0.2, 0.25) is 0 Å². The van der Waals surface area contributed by atoms with E-state index in [4.69, 9.17) is 0 Å². The van der Waals surface area contributed by atoms with Crippen LogP contribution in [0, 0.1) is 6.92 Å². The molecule has 0 atom stereocenters. The fourth-order valence-electron chi connectivity index (χ4n) is 2.13. The summed E-state index contributed by atoms with van der Waals surface area (Å²) in [4.78, 5) is 2.27. The molecule has 0 radical (unpaired) electrons. The predicted octanol–water partition coefficient (Wildman–Crippen LogP) is 3.35. The summed E-state index contributed by atoms with van der Waals surface area (Å²) in [5, 5.41) is 3.16. The number of aryl methyl sites for hydroxylation is 1. The van der Waals surface area contributed by atoms with Gasteiger partial charge < -0.3 is 10.2 Å². The molecular weight excluding hydrogens is 232 g/mol. The molecule has 0 amide bonds. The summed E-state index contributed by atoms with van der Waals surface area (Å²) in [6, 6.07) is 17.4. The molecule has 1 N–H and O–H groups in total. The van der Waals surface area contributed by atoms with E-state index in [1.807, 2.05) is 7.05 Å². The largest absolute Gasteiger partial charge is 0.370 e. The molecule has 2 aromatic rings. The molecule has 0 heterocycles. The minimum Gasteiger partial charge on any atom is -0.370 e. The Bertz CT molecular complexity index is 500. The molecule has 0 fully saturated rings. The molecule has 2 aromatic carbocycles. The molecule has 0 aliphatic heterocycles. The van der Waals surface area contributed by atoms with Crippen LogP contribution in [0.25, 0.3) is 0 Å². The second kappa shape index (κ2) is 6.39. The van der Waals surface area contributed by atoms with E-state index >= 15 is 0 Å². The van der Waals surface area contributed by atoms with E-state index in [9.17, 15) is 0 Å². The van der Waals surface area contributed by atoms with Gasteiger partial charge in [-0.1, -0.05) is 42.0 Å². The van der Waals surface area contributed by atoms with Gasteiger partial charge in [0.25, 0.3) is 0 Å². The molecule has 2 nitrogen and oxygen atoms in total. The lowest BCUT2D eigenvalue weighted by molar-refractivity contribution is 0.816. The molecule has 0 aliphatic rings. The minimum atomic E-state index is 0.925. The second-order valence-corrected chi connectivity index (χ2v) is 5.04. The molecule has 0 spiro atoms. The Morgan fingerprint density at radius 3 is 2.05 bits per heavy atom. The molecular formula is C17H22N2. The normalized spacial score (nSPS) is 10.5. The van der Waals surface area contributed by atoms with Crippen LogP contribution in [0.3, 0.4) is 0 Å². The average molecular weight is 254 g/mol. The lowest BCUT2D eigenvalue weighted by Gasteiger charge is -2.19. The van der Waals surface area contributed by atoms with Crippen molar-refractivity contribution < 1.29 is 0 Å². The lowest BCUT2D eigenvalue weighted by atomic mass is 10.1. The number of anilines is 1. The van der Waals surface area contributed by atoms with Crippen molar-refractivity contribution in [2.75, 3.05) is 19.0 Å². The Morgan fingerprint density at radius 1 is 0.895 bits per heavy atom. The summed E-state index contributed by atoms with van der Waals surface area (Å²) in [7, 11) is 4.10. The first-order chi connectivity index (χ1) is 9.19. The zero-order valence-electron chi connectivity index (χ0n) is 12.0. The van der Waals surface area contributed by atoms with E-state index in [2.05, 4.69) is 72.7 Å². The van der Waals surface area contributed by atoms with Crippen LogP contribution in [0.5, 0.6) is 0 Å². The quantitative estimate of drug-likeness (QED) is 0.880. The van der Waals surface area contributed by atoms with Crippen molar-refractivity contribution in [1.82, 2.24) is 5.32 Å². The SMILES string of the molecule is CNCc1ccc(CN(C)c2ccc(C)cc2)cc1. The van der Waals surface area contributed by atoms with Crippen molar-refractivity contribution in [1.29, 1.82) is 0 Å². The summed E-state index contributed by atoms with van der Waals surface area (Å²) in [5.41, 5.74) is 5.21. The van der Waals surface area contributed by atoms with E-state index < -0.39 is 0 Å². The number of nitrogens with one attached hydrogen (secondary N) is 1. The Morgan fingerprint density at radius 2 is 1.47 bits per heavy atom. The maximum absolute atomic E-state index is 3.16. The third kappa shape index (κ3) is 3.83. The van der Waals surface area contributed by atoms with Gasteiger partial charge in [-0.25, -0.2) is 0 Å². The van der Waals surface area contributed by atoms with Crippen molar-refractivity contribution in [3.05, 3.63) is 65.2 Å². The fourth-order valence-corrected chi connectivity index (χ4v) is 2.13. The molecule has 19 heavy (non-hydrogen) atoms. The predicted molar refractivity (Wildman–Crippen MR) is 82.5 cm³/mol. The number of nitrogens with zero attached hydrogens (tertiary/aromatic N) is 1. The lowest BCUT2D eigenvalue weighted by Crippen LogP contribution is -2.16. The highest BCUT2D eigenvalue weighted by atomic mass is 15.1. The average Bonchev–Trinajstić information content (AvgIpc) is 2.42. The van der Waals surface area contributed by atoms with Gasteiger partial charge in [0.15, 0.2) is 0 Å². The van der Waals surface area contributed by atoms with Crippen LogP contribution in [-0.4, -0.2) is 14.1 Å². The van der Waals surface area contributed by atoms with Crippen molar-refractivity contribution >= 4 is 5.69 Å². The second-order valence-electron chi connectivity index (χ2n) is 5.04. The van der Waals surface area contributed by atoms with Gasteiger partial charge in [0.1, 0.15) is 0 Å². The summed E-state index contributed by atoms with van der Waals surface area (Å²) in [6.07, 6.45) is 0. The highest BCUT2D eigenvalue weighted by Gasteiger charge is 2.02.